The van der Waals surface area contributed by atoms with Gasteiger partial charge in [-0.2, -0.15) is 0 Å². The van der Waals surface area contributed by atoms with Crippen molar-refractivity contribution in [1.82, 2.24) is 5.32 Å². The van der Waals surface area contributed by atoms with Gasteiger partial charge in [0, 0.05) is 17.6 Å². The van der Waals surface area contributed by atoms with Crippen LogP contribution >= 0.6 is 11.8 Å². The number of carboxylic acid groups (broad SMARTS) is 1. The minimum atomic E-state index is -1.19. The molecule has 130 valence electrons. The highest BCUT2D eigenvalue weighted by molar-refractivity contribution is 7.99. The molecule has 1 heterocycles. The van der Waals surface area contributed by atoms with Crippen LogP contribution in [0.4, 0.5) is 0 Å². The Morgan fingerprint density at radius 1 is 1.42 bits per heavy atom. The summed E-state index contributed by atoms with van der Waals surface area (Å²) in [4.78, 5) is 32.7. The second kappa shape index (κ2) is 7.86. The average Bonchev–Trinajstić information content (AvgIpc) is 2.96. The number of carboxylic acids is 1. The molecule has 9 nitrogen and oxygen atoms in total. The number of nitro groups is 1. The smallest absolute Gasteiger partial charge is 0.327 e. The fourth-order valence-electron chi connectivity index (χ4n) is 2.14. The summed E-state index contributed by atoms with van der Waals surface area (Å²) in [7, 11) is 0. The van der Waals surface area contributed by atoms with Crippen molar-refractivity contribution in [2.24, 2.45) is 0 Å². The zero-order valence-electron chi connectivity index (χ0n) is 12.8. The number of benzene rings is 1. The van der Waals surface area contributed by atoms with E-state index in [1.54, 1.807) is 18.2 Å². The molecular weight excluding hydrogens is 340 g/mol. The average molecular weight is 356 g/mol. The van der Waals surface area contributed by atoms with Gasteiger partial charge >= 0.3 is 5.97 Å². The van der Waals surface area contributed by atoms with Crippen LogP contribution in [0.5, 0.6) is 11.5 Å². The molecule has 0 fully saturated rings. The van der Waals surface area contributed by atoms with Crippen molar-refractivity contribution < 1.29 is 29.1 Å². The molecule has 2 atom stereocenters. The van der Waals surface area contributed by atoms with Crippen molar-refractivity contribution in [2.45, 2.75) is 18.2 Å². The van der Waals surface area contributed by atoms with E-state index in [1.165, 1.54) is 6.92 Å². The van der Waals surface area contributed by atoms with Crippen molar-refractivity contribution in [1.29, 1.82) is 0 Å². The van der Waals surface area contributed by atoms with Gasteiger partial charge in [-0.3, -0.25) is 14.9 Å². The molecule has 0 spiro atoms. The van der Waals surface area contributed by atoms with Crippen LogP contribution in [0, 0.1) is 10.1 Å². The van der Waals surface area contributed by atoms with E-state index in [9.17, 15) is 19.7 Å². The molecule has 2 rings (SSSR count). The summed E-state index contributed by atoms with van der Waals surface area (Å²) in [5, 5.41) is 21.8. The third-order valence-corrected chi connectivity index (χ3v) is 4.57. The van der Waals surface area contributed by atoms with Crippen molar-refractivity contribution in [2.75, 3.05) is 19.1 Å². The van der Waals surface area contributed by atoms with E-state index < -0.39 is 28.1 Å². The maximum absolute atomic E-state index is 11.2. The second-order valence-electron chi connectivity index (χ2n) is 5.04. The maximum atomic E-state index is 11.2. The van der Waals surface area contributed by atoms with E-state index in [1.807, 2.05) is 0 Å². The summed E-state index contributed by atoms with van der Waals surface area (Å²) in [6, 6.07) is 3.88. The predicted molar refractivity (Wildman–Crippen MR) is 84.9 cm³/mol. The van der Waals surface area contributed by atoms with Crippen LogP contribution in [-0.2, 0) is 9.59 Å². The minimum Gasteiger partial charge on any atom is -0.480 e. The van der Waals surface area contributed by atoms with E-state index in [0.717, 1.165) is 11.8 Å². The van der Waals surface area contributed by atoms with Crippen LogP contribution in [0.25, 0.3) is 0 Å². The quantitative estimate of drug-likeness (QED) is 0.522. The van der Waals surface area contributed by atoms with Gasteiger partial charge in [-0.1, -0.05) is 6.07 Å². The molecule has 0 aliphatic carbocycles. The highest BCUT2D eigenvalue weighted by Gasteiger charge is 2.26. The van der Waals surface area contributed by atoms with Crippen molar-refractivity contribution in [3.05, 3.63) is 33.9 Å². The summed E-state index contributed by atoms with van der Waals surface area (Å²) in [6.45, 7) is 0.930. The monoisotopic (exact) mass is 356 g/mol. The van der Waals surface area contributed by atoms with E-state index in [2.05, 4.69) is 5.32 Å². The number of nitrogens with zero attached hydrogens (tertiary/aromatic N) is 1. The summed E-state index contributed by atoms with van der Waals surface area (Å²) in [5.41, 5.74) is 0.632. The van der Waals surface area contributed by atoms with Crippen molar-refractivity contribution in [3.63, 3.8) is 0 Å². The number of carbonyl (C=O) groups excluding carboxylic acids is 1. The number of fused-ring (bicyclic) bond motifs is 1. The summed E-state index contributed by atoms with van der Waals surface area (Å²) in [6.07, 6.45) is 0. The van der Waals surface area contributed by atoms with Gasteiger partial charge in [0.1, 0.15) is 6.04 Å². The van der Waals surface area contributed by atoms with Gasteiger partial charge in [-0.25, -0.2) is 4.79 Å². The Kier molecular flexibility index (Phi) is 5.85. The lowest BCUT2D eigenvalue weighted by atomic mass is 10.1. The summed E-state index contributed by atoms with van der Waals surface area (Å²) >= 11 is 1.09. The molecule has 10 heteroatoms. The Morgan fingerprint density at radius 3 is 2.75 bits per heavy atom. The molecule has 0 unspecified atom stereocenters. The molecule has 1 aliphatic rings. The van der Waals surface area contributed by atoms with Gasteiger partial charge in [0.15, 0.2) is 11.5 Å². The lowest BCUT2D eigenvalue weighted by molar-refractivity contribution is -0.479. The third kappa shape index (κ3) is 4.75. The first-order valence-electron chi connectivity index (χ1n) is 6.99. The van der Waals surface area contributed by atoms with E-state index in [-0.39, 0.29) is 19.1 Å². The molecule has 0 saturated carbocycles. The van der Waals surface area contributed by atoms with E-state index in [0.29, 0.717) is 17.1 Å². The third-order valence-electron chi connectivity index (χ3n) is 3.22. The molecule has 1 aromatic rings. The first kappa shape index (κ1) is 17.9. The fourth-order valence-corrected chi connectivity index (χ4v) is 3.35. The molecule has 0 bridgehead atoms. The highest BCUT2D eigenvalue weighted by atomic mass is 32.2. The number of rotatable bonds is 8. The van der Waals surface area contributed by atoms with Crippen LogP contribution < -0.4 is 14.8 Å². The van der Waals surface area contributed by atoms with Crippen LogP contribution in [0.1, 0.15) is 17.7 Å². The number of ether oxygens (including phenoxy) is 2. The molecule has 1 amide bonds. The molecule has 2 N–H and O–H groups in total. The Labute approximate surface area is 141 Å². The van der Waals surface area contributed by atoms with Crippen LogP contribution in [0.15, 0.2) is 18.2 Å². The number of aliphatic carboxylic acids is 1. The summed E-state index contributed by atoms with van der Waals surface area (Å²) in [5.74, 6) is -0.606. The van der Waals surface area contributed by atoms with Gasteiger partial charge in [-0.05, 0) is 17.7 Å². The van der Waals surface area contributed by atoms with Crippen molar-refractivity contribution >= 4 is 23.6 Å². The molecule has 1 aromatic carbocycles. The molecule has 0 saturated heterocycles. The second-order valence-corrected chi connectivity index (χ2v) is 6.28. The zero-order chi connectivity index (χ0) is 17.7. The molecule has 1 aliphatic heterocycles. The normalized spacial score (nSPS) is 14.7. The standard InChI is InChI=1S/C14H16N2O7S/c1-8(17)15-10(14(18)19)6-24-13(5-16(20)21)9-2-3-11-12(4-9)23-7-22-11/h2-4,10,13H,5-7H2,1H3,(H,15,17)(H,18,19)/t10-,13+/m1/s1. The van der Waals surface area contributed by atoms with Gasteiger partial charge in [-0.15, -0.1) is 11.8 Å². The predicted octanol–water partition coefficient (Wildman–Crippen LogP) is 1.06. The topological polar surface area (TPSA) is 128 Å². The Balaban J connectivity index is 2.11. The number of nitrogens with one attached hydrogen (secondary N) is 1. The van der Waals surface area contributed by atoms with E-state index in [4.69, 9.17) is 14.6 Å². The number of hydrogen-bond acceptors (Lipinski definition) is 7. The Hall–Kier alpha value is -2.49. The van der Waals surface area contributed by atoms with Crippen LogP contribution in [-0.4, -0.2) is 47.0 Å². The van der Waals surface area contributed by atoms with Gasteiger partial charge in [0.2, 0.25) is 19.2 Å². The molecular formula is C14H16N2O7S. The maximum Gasteiger partial charge on any atom is 0.327 e. The minimum absolute atomic E-state index is 0.00185. The Morgan fingerprint density at radius 2 is 2.12 bits per heavy atom. The van der Waals surface area contributed by atoms with Crippen LogP contribution in [0.3, 0.4) is 0 Å². The number of amides is 1. The number of carbonyl (C=O) groups is 2. The molecule has 24 heavy (non-hydrogen) atoms. The fraction of sp³-hybridized carbons (Fsp3) is 0.429. The largest absolute Gasteiger partial charge is 0.480 e. The first-order valence-corrected chi connectivity index (χ1v) is 8.04. The zero-order valence-corrected chi connectivity index (χ0v) is 13.6. The number of thioether (sulfide) groups is 1. The van der Waals surface area contributed by atoms with Crippen LogP contribution in [0.2, 0.25) is 0 Å². The van der Waals surface area contributed by atoms with Gasteiger partial charge < -0.3 is 19.9 Å². The highest BCUT2D eigenvalue weighted by Crippen LogP contribution is 2.38. The molecule has 0 radical (unpaired) electrons. The van der Waals surface area contributed by atoms with Gasteiger partial charge in [0.25, 0.3) is 0 Å². The lowest BCUT2D eigenvalue weighted by Crippen LogP contribution is -2.41. The van der Waals surface area contributed by atoms with Gasteiger partial charge in [0.05, 0.1) is 5.25 Å². The van der Waals surface area contributed by atoms with Crippen molar-refractivity contribution in [3.8, 4) is 11.5 Å². The Bertz CT molecular complexity index is 652. The number of hydrogen-bond donors (Lipinski definition) is 2. The van der Waals surface area contributed by atoms with E-state index >= 15 is 0 Å². The first-order chi connectivity index (χ1) is 11.4. The molecule has 0 aromatic heterocycles. The lowest BCUT2D eigenvalue weighted by Gasteiger charge is -2.17. The SMILES string of the molecule is CC(=O)N[C@H](CS[C@@H](C[N+](=O)[O-])c1ccc2c(c1)OCO2)C(=O)O. The summed E-state index contributed by atoms with van der Waals surface area (Å²) < 4.78 is 10.5.